The van der Waals surface area contributed by atoms with E-state index < -0.39 is 7.12 Å². The van der Waals surface area contributed by atoms with Crippen molar-refractivity contribution < 1.29 is 14.8 Å². The summed E-state index contributed by atoms with van der Waals surface area (Å²) in [6.45, 7) is 3.07. The first kappa shape index (κ1) is 20.0. The molecule has 5 nitrogen and oxygen atoms in total. The van der Waals surface area contributed by atoms with E-state index in [1.54, 1.807) is 7.11 Å². The van der Waals surface area contributed by atoms with Crippen molar-refractivity contribution in [2.45, 2.75) is 44.5 Å². The average molecular weight is 346 g/mol. The van der Waals surface area contributed by atoms with Gasteiger partial charge in [-0.05, 0) is 55.4 Å². The van der Waals surface area contributed by atoms with Crippen LogP contribution in [0.4, 0.5) is 0 Å². The number of nitrogens with zero attached hydrogens (tertiary/aromatic N) is 1. The minimum Gasteiger partial charge on any atom is -0.497 e. The Labute approximate surface area is 151 Å². The summed E-state index contributed by atoms with van der Waals surface area (Å²) >= 11 is 0. The molecule has 0 aromatic heterocycles. The van der Waals surface area contributed by atoms with Gasteiger partial charge in [-0.2, -0.15) is 0 Å². The second kappa shape index (κ2) is 10.6. The highest BCUT2D eigenvalue weighted by Crippen LogP contribution is 2.24. The Bertz CT molecular complexity index is 534. The molecule has 1 heterocycles. The van der Waals surface area contributed by atoms with Crippen LogP contribution < -0.4 is 10.5 Å². The maximum atomic E-state index is 8.83. The monoisotopic (exact) mass is 346 g/mol. The lowest BCUT2D eigenvalue weighted by atomic mass is 9.83. The molecule has 0 bridgehead atoms. The quantitative estimate of drug-likeness (QED) is 0.447. The van der Waals surface area contributed by atoms with Gasteiger partial charge in [-0.1, -0.05) is 31.1 Å². The van der Waals surface area contributed by atoms with E-state index in [2.05, 4.69) is 23.1 Å². The van der Waals surface area contributed by atoms with E-state index in [0.717, 1.165) is 57.5 Å². The summed E-state index contributed by atoms with van der Waals surface area (Å²) < 4.78 is 5.21. The predicted molar refractivity (Wildman–Crippen MR) is 103 cm³/mol. The van der Waals surface area contributed by atoms with Crippen molar-refractivity contribution in [2.75, 3.05) is 26.7 Å². The van der Waals surface area contributed by atoms with Crippen molar-refractivity contribution in [3.8, 4) is 5.75 Å². The van der Waals surface area contributed by atoms with Crippen LogP contribution in [0.15, 0.2) is 30.3 Å². The first-order valence-electron chi connectivity index (χ1n) is 9.26. The topological polar surface area (TPSA) is 79.0 Å². The van der Waals surface area contributed by atoms with Gasteiger partial charge in [0.15, 0.2) is 0 Å². The fourth-order valence-electron chi connectivity index (χ4n) is 3.21. The van der Waals surface area contributed by atoms with Gasteiger partial charge >= 0.3 is 7.12 Å². The maximum Gasteiger partial charge on any atom is 0.451 e. The first-order chi connectivity index (χ1) is 12.1. The van der Waals surface area contributed by atoms with E-state index >= 15 is 0 Å². The van der Waals surface area contributed by atoms with Crippen LogP contribution in [0.1, 0.15) is 37.7 Å². The lowest BCUT2D eigenvalue weighted by molar-refractivity contribution is 0.285. The van der Waals surface area contributed by atoms with Gasteiger partial charge in [-0.3, -0.25) is 4.90 Å². The Balaban J connectivity index is 1.67. The molecule has 1 aromatic rings. The van der Waals surface area contributed by atoms with Gasteiger partial charge in [-0.15, -0.1) is 0 Å². The van der Waals surface area contributed by atoms with Crippen LogP contribution in [0.2, 0.25) is 6.32 Å². The molecule has 1 atom stereocenters. The van der Waals surface area contributed by atoms with E-state index in [1.165, 1.54) is 11.1 Å². The lowest BCUT2D eigenvalue weighted by Crippen LogP contribution is -2.33. The standard InChI is InChI=1S/C19H31BN2O3/c1-25-19-7-5-16(6-8-19)17-9-13-22(14-10-17)15-11-18(21)4-2-3-12-20(23)24/h5-9,18,23-24H,2-4,10-15,21H2,1H3. The number of nitrogens with two attached hydrogens (primary N) is 1. The molecule has 138 valence electrons. The molecule has 1 unspecified atom stereocenters. The predicted octanol–water partition coefficient (Wildman–Crippen LogP) is 2.14. The third-order valence-corrected chi connectivity index (χ3v) is 4.86. The maximum absolute atomic E-state index is 8.83. The number of hydrogen-bond acceptors (Lipinski definition) is 5. The second-order valence-electron chi connectivity index (χ2n) is 6.82. The van der Waals surface area contributed by atoms with E-state index in [1.807, 2.05) is 12.1 Å². The number of unbranched alkanes of at least 4 members (excludes halogenated alkanes) is 1. The summed E-state index contributed by atoms with van der Waals surface area (Å²) in [6, 6.07) is 8.47. The molecule has 0 radical (unpaired) electrons. The molecule has 25 heavy (non-hydrogen) atoms. The third kappa shape index (κ3) is 7.20. The molecule has 0 spiro atoms. The minimum absolute atomic E-state index is 0.197. The van der Waals surface area contributed by atoms with Gasteiger partial charge in [0.2, 0.25) is 0 Å². The zero-order valence-corrected chi connectivity index (χ0v) is 15.2. The Hall–Kier alpha value is -1.34. The van der Waals surface area contributed by atoms with Crippen molar-refractivity contribution in [3.63, 3.8) is 0 Å². The molecular weight excluding hydrogens is 315 g/mol. The normalized spacial score (nSPS) is 16.4. The Morgan fingerprint density at radius 2 is 1.96 bits per heavy atom. The highest BCUT2D eigenvalue weighted by molar-refractivity contribution is 6.40. The summed E-state index contributed by atoms with van der Waals surface area (Å²) in [4.78, 5) is 2.45. The molecule has 0 fully saturated rings. The van der Waals surface area contributed by atoms with Crippen LogP contribution in [0.5, 0.6) is 5.75 Å². The minimum atomic E-state index is -1.18. The van der Waals surface area contributed by atoms with Crippen LogP contribution in [0, 0.1) is 0 Å². The Morgan fingerprint density at radius 3 is 2.56 bits per heavy atom. The van der Waals surface area contributed by atoms with Crippen molar-refractivity contribution in [1.82, 2.24) is 4.90 Å². The third-order valence-electron chi connectivity index (χ3n) is 4.86. The number of methoxy groups -OCH3 is 1. The van der Waals surface area contributed by atoms with Crippen molar-refractivity contribution in [1.29, 1.82) is 0 Å². The van der Waals surface area contributed by atoms with Crippen molar-refractivity contribution in [3.05, 3.63) is 35.9 Å². The molecule has 1 aliphatic heterocycles. The van der Waals surface area contributed by atoms with E-state index in [-0.39, 0.29) is 6.04 Å². The molecule has 0 aliphatic carbocycles. The van der Waals surface area contributed by atoms with Gasteiger partial charge in [0.05, 0.1) is 7.11 Å². The van der Waals surface area contributed by atoms with Gasteiger partial charge in [0.25, 0.3) is 0 Å². The molecule has 1 aliphatic rings. The average Bonchev–Trinajstić information content (AvgIpc) is 2.64. The van der Waals surface area contributed by atoms with Crippen LogP contribution >= 0.6 is 0 Å². The molecule has 2 rings (SSSR count). The number of ether oxygens (including phenoxy) is 1. The van der Waals surface area contributed by atoms with Gasteiger partial charge in [-0.25, -0.2) is 0 Å². The van der Waals surface area contributed by atoms with Crippen molar-refractivity contribution in [2.24, 2.45) is 5.73 Å². The summed E-state index contributed by atoms with van der Waals surface area (Å²) in [6.07, 6.45) is 7.55. The summed E-state index contributed by atoms with van der Waals surface area (Å²) in [5, 5.41) is 17.7. The Morgan fingerprint density at radius 1 is 1.20 bits per heavy atom. The van der Waals surface area contributed by atoms with Crippen LogP contribution in [0.25, 0.3) is 5.57 Å². The molecule has 4 N–H and O–H groups in total. The van der Waals surface area contributed by atoms with Gasteiger partial charge in [0, 0.05) is 19.1 Å². The largest absolute Gasteiger partial charge is 0.497 e. The van der Waals surface area contributed by atoms with Gasteiger partial charge in [0.1, 0.15) is 5.75 Å². The van der Waals surface area contributed by atoms with Gasteiger partial charge < -0.3 is 20.5 Å². The molecule has 1 aromatic carbocycles. The Kier molecular flexibility index (Phi) is 8.48. The van der Waals surface area contributed by atoms with E-state index in [4.69, 9.17) is 20.5 Å². The smallest absolute Gasteiger partial charge is 0.451 e. The zero-order valence-electron chi connectivity index (χ0n) is 15.2. The zero-order chi connectivity index (χ0) is 18.1. The number of benzene rings is 1. The number of hydrogen-bond donors (Lipinski definition) is 3. The summed E-state index contributed by atoms with van der Waals surface area (Å²) in [7, 11) is 0.504. The van der Waals surface area contributed by atoms with Crippen LogP contribution in [0.3, 0.4) is 0 Å². The highest BCUT2D eigenvalue weighted by atomic mass is 16.5. The fourth-order valence-corrected chi connectivity index (χ4v) is 3.21. The highest BCUT2D eigenvalue weighted by Gasteiger charge is 2.14. The molecule has 6 heteroatoms. The SMILES string of the molecule is COc1ccc(C2=CCN(CCC(N)CCCCB(O)O)CC2)cc1. The molecule has 0 amide bonds. The first-order valence-corrected chi connectivity index (χ1v) is 9.26. The number of rotatable bonds is 10. The summed E-state index contributed by atoms with van der Waals surface area (Å²) in [5.41, 5.74) is 8.86. The van der Waals surface area contributed by atoms with E-state index in [0.29, 0.717) is 6.32 Å². The van der Waals surface area contributed by atoms with Crippen LogP contribution in [-0.4, -0.2) is 54.9 Å². The summed E-state index contributed by atoms with van der Waals surface area (Å²) in [5.74, 6) is 0.893. The lowest BCUT2D eigenvalue weighted by Gasteiger charge is -2.27. The molecule has 0 saturated carbocycles. The molecular formula is C19H31BN2O3. The van der Waals surface area contributed by atoms with Crippen LogP contribution in [-0.2, 0) is 0 Å². The fraction of sp³-hybridized carbons (Fsp3) is 0.579. The second-order valence-corrected chi connectivity index (χ2v) is 6.82. The van der Waals surface area contributed by atoms with Crippen molar-refractivity contribution >= 4 is 12.7 Å². The molecule has 0 saturated heterocycles. The van der Waals surface area contributed by atoms with E-state index in [9.17, 15) is 0 Å².